The van der Waals surface area contributed by atoms with E-state index >= 15 is 0 Å². The molecule has 2 aromatic rings. The maximum Gasteiger partial charge on any atom is 0.314 e. The van der Waals surface area contributed by atoms with Gasteiger partial charge in [0.1, 0.15) is 0 Å². The fraction of sp³-hybridized carbons (Fsp3) is 0.240. The largest absolute Gasteiger partial charge is 0.371 e. The van der Waals surface area contributed by atoms with Crippen LogP contribution in [0.3, 0.4) is 0 Å². The molecule has 0 bridgehead atoms. The molecule has 170 valence electrons. The SMILES string of the molecule is CNC(=O)NCCCC1(Nc2ccccc2)C=C2C(=O)NC(=O)C2C=C1Nc1ccccc1. The van der Waals surface area contributed by atoms with E-state index in [1.165, 1.54) is 0 Å². The zero-order valence-corrected chi connectivity index (χ0v) is 18.4. The number of rotatable bonds is 8. The minimum absolute atomic E-state index is 0.249. The van der Waals surface area contributed by atoms with Gasteiger partial charge in [-0.1, -0.05) is 36.4 Å². The second kappa shape index (κ2) is 9.60. The third-order valence-electron chi connectivity index (χ3n) is 5.79. The Morgan fingerprint density at radius 1 is 1.00 bits per heavy atom. The van der Waals surface area contributed by atoms with E-state index in [1.54, 1.807) is 7.05 Å². The predicted molar refractivity (Wildman–Crippen MR) is 127 cm³/mol. The Hall–Kier alpha value is -4.07. The summed E-state index contributed by atoms with van der Waals surface area (Å²) in [6.07, 6.45) is 4.88. The molecule has 0 saturated carbocycles. The number of hydrogen-bond donors (Lipinski definition) is 5. The summed E-state index contributed by atoms with van der Waals surface area (Å²) in [5.74, 6) is -1.34. The summed E-state index contributed by atoms with van der Waals surface area (Å²) in [5, 5.41) is 14.8. The van der Waals surface area contributed by atoms with Crippen LogP contribution in [0.25, 0.3) is 0 Å². The molecule has 1 fully saturated rings. The molecule has 4 amide bonds. The lowest BCUT2D eigenvalue weighted by Crippen LogP contribution is -2.45. The van der Waals surface area contributed by atoms with E-state index in [0.29, 0.717) is 25.0 Å². The minimum Gasteiger partial charge on any atom is -0.371 e. The van der Waals surface area contributed by atoms with Gasteiger partial charge < -0.3 is 21.3 Å². The van der Waals surface area contributed by atoms with Crippen molar-refractivity contribution in [2.45, 2.75) is 18.4 Å². The zero-order valence-electron chi connectivity index (χ0n) is 18.4. The first-order valence-electron chi connectivity index (χ1n) is 10.9. The van der Waals surface area contributed by atoms with E-state index in [2.05, 4.69) is 26.6 Å². The van der Waals surface area contributed by atoms with Gasteiger partial charge in [-0.2, -0.15) is 0 Å². The van der Waals surface area contributed by atoms with Gasteiger partial charge in [-0.25, -0.2) is 4.79 Å². The smallest absolute Gasteiger partial charge is 0.314 e. The summed E-state index contributed by atoms with van der Waals surface area (Å²) in [7, 11) is 1.57. The molecule has 2 aromatic carbocycles. The number of para-hydroxylation sites is 2. The van der Waals surface area contributed by atoms with Crippen molar-refractivity contribution in [3.05, 3.63) is 84.1 Å². The van der Waals surface area contributed by atoms with Gasteiger partial charge in [-0.15, -0.1) is 0 Å². The van der Waals surface area contributed by atoms with E-state index in [4.69, 9.17) is 0 Å². The number of hydrogen-bond acceptors (Lipinski definition) is 5. The second-order valence-electron chi connectivity index (χ2n) is 8.04. The molecule has 8 heteroatoms. The van der Waals surface area contributed by atoms with Crippen LogP contribution in [0.5, 0.6) is 0 Å². The molecular weight excluding hydrogens is 418 g/mol. The average molecular weight is 446 g/mol. The molecule has 1 aliphatic carbocycles. The third kappa shape index (κ3) is 4.90. The van der Waals surface area contributed by atoms with Crippen molar-refractivity contribution in [1.29, 1.82) is 0 Å². The topological polar surface area (TPSA) is 111 Å². The van der Waals surface area contributed by atoms with E-state index < -0.39 is 11.5 Å². The molecule has 2 unspecified atom stereocenters. The lowest BCUT2D eigenvalue weighted by Gasteiger charge is -2.39. The normalized spacial score (nSPS) is 21.3. The minimum atomic E-state index is -0.796. The van der Waals surface area contributed by atoms with Crippen LogP contribution in [0, 0.1) is 5.92 Å². The molecule has 1 heterocycles. The first-order chi connectivity index (χ1) is 16.0. The fourth-order valence-electron chi connectivity index (χ4n) is 4.16. The van der Waals surface area contributed by atoms with E-state index in [-0.39, 0.29) is 17.8 Å². The number of amides is 4. The van der Waals surface area contributed by atoms with Gasteiger partial charge in [0.15, 0.2) is 0 Å². The van der Waals surface area contributed by atoms with Crippen molar-refractivity contribution < 1.29 is 14.4 Å². The van der Waals surface area contributed by atoms with Crippen molar-refractivity contribution >= 4 is 29.2 Å². The van der Waals surface area contributed by atoms with Crippen LogP contribution in [-0.2, 0) is 9.59 Å². The van der Waals surface area contributed by atoms with Crippen molar-refractivity contribution in [3.63, 3.8) is 0 Å². The Balaban J connectivity index is 1.72. The molecule has 0 radical (unpaired) electrons. The summed E-state index contributed by atoms with van der Waals surface area (Å²) >= 11 is 0. The number of imide groups is 1. The first-order valence-corrected chi connectivity index (χ1v) is 10.9. The summed E-state index contributed by atoms with van der Waals surface area (Å²) in [5.41, 5.74) is 2.15. The summed E-state index contributed by atoms with van der Waals surface area (Å²) < 4.78 is 0. The molecule has 4 rings (SSSR count). The number of fused-ring (bicyclic) bond motifs is 1. The molecule has 33 heavy (non-hydrogen) atoms. The molecular formula is C25H27N5O3. The van der Waals surface area contributed by atoms with Gasteiger partial charge in [0.05, 0.1) is 11.5 Å². The van der Waals surface area contributed by atoms with Gasteiger partial charge >= 0.3 is 6.03 Å². The fourth-order valence-corrected chi connectivity index (χ4v) is 4.16. The summed E-state index contributed by atoms with van der Waals surface area (Å²) in [6.45, 7) is 0.453. The Labute approximate surface area is 192 Å². The molecule has 0 spiro atoms. The van der Waals surface area contributed by atoms with E-state index in [0.717, 1.165) is 17.1 Å². The number of benzene rings is 2. The Morgan fingerprint density at radius 2 is 1.67 bits per heavy atom. The van der Waals surface area contributed by atoms with Gasteiger partial charge in [0, 0.05) is 36.2 Å². The average Bonchev–Trinajstić information content (AvgIpc) is 3.10. The Kier molecular flexibility index (Phi) is 6.44. The van der Waals surface area contributed by atoms with Crippen LogP contribution in [0.4, 0.5) is 16.2 Å². The van der Waals surface area contributed by atoms with Crippen LogP contribution in [0.1, 0.15) is 12.8 Å². The number of anilines is 2. The Bertz CT molecular complexity index is 1100. The molecule has 2 aliphatic rings. The standard InChI is InChI=1S/C25H27N5O3/c1-26-24(33)27-14-8-13-25(30-18-11-6-3-7-12-18)16-20-19(22(31)29-23(20)32)15-21(25)28-17-9-4-2-5-10-17/h2-7,9-12,15-16,19,28,30H,8,13-14H2,1H3,(H2,26,27,33)(H,29,31,32). The van der Waals surface area contributed by atoms with Crippen molar-refractivity contribution in [3.8, 4) is 0 Å². The van der Waals surface area contributed by atoms with E-state index in [1.807, 2.05) is 72.8 Å². The van der Waals surface area contributed by atoms with Crippen molar-refractivity contribution in [2.75, 3.05) is 24.2 Å². The summed E-state index contributed by atoms with van der Waals surface area (Å²) in [6, 6.07) is 19.1. The molecule has 5 N–H and O–H groups in total. The Morgan fingerprint density at radius 3 is 2.33 bits per heavy atom. The monoisotopic (exact) mass is 445 g/mol. The maximum atomic E-state index is 12.5. The van der Waals surface area contributed by atoms with Crippen LogP contribution in [-0.4, -0.2) is 37.0 Å². The lowest BCUT2D eigenvalue weighted by molar-refractivity contribution is -0.125. The van der Waals surface area contributed by atoms with Gasteiger partial charge in [0.25, 0.3) is 5.91 Å². The molecule has 0 aromatic heterocycles. The molecule has 1 saturated heterocycles. The zero-order chi connectivity index (χ0) is 23.3. The molecule has 1 aliphatic heterocycles. The highest BCUT2D eigenvalue weighted by atomic mass is 16.2. The highest BCUT2D eigenvalue weighted by Crippen LogP contribution is 2.39. The van der Waals surface area contributed by atoms with Crippen molar-refractivity contribution in [1.82, 2.24) is 16.0 Å². The number of carbonyl (C=O) groups is 3. The number of urea groups is 1. The number of carbonyl (C=O) groups excluding carboxylic acids is 3. The molecule has 2 atom stereocenters. The first kappa shape index (κ1) is 22.1. The van der Waals surface area contributed by atoms with Crippen LogP contribution < -0.4 is 26.6 Å². The molecule has 8 nitrogen and oxygen atoms in total. The van der Waals surface area contributed by atoms with E-state index in [9.17, 15) is 14.4 Å². The highest BCUT2D eigenvalue weighted by Gasteiger charge is 2.45. The van der Waals surface area contributed by atoms with Crippen LogP contribution in [0.2, 0.25) is 0 Å². The van der Waals surface area contributed by atoms with Gasteiger partial charge in [-0.05, 0) is 49.3 Å². The predicted octanol–water partition coefficient (Wildman–Crippen LogP) is 2.76. The quantitative estimate of drug-likeness (QED) is 0.317. The lowest BCUT2D eigenvalue weighted by atomic mass is 9.78. The van der Waals surface area contributed by atoms with Crippen LogP contribution >= 0.6 is 0 Å². The van der Waals surface area contributed by atoms with Gasteiger partial charge in [0.2, 0.25) is 5.91 Å². The van der Waals surface area contributed by atoms with Crippen LogP contribution in [0.15, 0.2) is 84.1 Å². The maximum absolute atomic E-state index is 12.5. The van der Waals surface area contributed by atoms with Crippen molar-refractivity contribution in [2.24, 2.45) is 5.92 Å². The second-order valence-corrected chi connectivity index (χ2v) is 8.04. The summed E-state index contributed by atoms with van der Waals surface area (Å²) in [4.78, 5) is 36.6. The highest BCUT2D eigenvalue weighted by molar-refractivity contribution is 6.16. The van der Waals surface area contributed by atoms with Gasteiger partial charge in [-0.3, -0.25) is 14.9 Å². The number of nitrogens with one attached hydrogen (secondary N) is 5. The third-order valence-corrected chi connectivity index (χ3v) is 5.79.